The first kappa shape index (κ1) is 16.6. The zero-order valence-electron chi connectivity index (χ0n) is 11.1. The lowest BCUT2D eigenvalue weighted by atomic mass is 10.1. The highest BCUT2D eigenvalue weighted by Crippen LogP contribution is 2.25. The highest BCUT2D eigenvalue weighted by molar-refractivity contribution is 6.04. The molecule has 8 heteroatoms. The number of carboxylic acids is 2. The quantitative estimate of drug-likeness (QED) is 0.416. The number of Topliss-reactive ketones (excluding diaryl/α,β-unsaturated/α-hetero) is 1. The number of phenolic OH excluding ortho intramolecular Hbond substituents is 1. The van der Waals surface area contributed by atoms with E-state index in [-0.39, 0.29) is 30.2 Å². The van der Waals surface area contributed by atoms with Crippen LogP contribution < -0.4 is 5.73 Å². The Morgan fingerprint density at radius 1 is 1.19 bits per heavy atom. The number of benzene rings is 1. The van der Waals surface area contributed by atoms with Gasteiger partial charge in [0.2, 0.25) is 0 Å². The Hall–Kier alpha value is -2.45. The van der Waals surface area contributed by atoms with E-state index in [1.807, 2.05) is 0 Å². The van der Waals surface area contributed by atoms with E-state index >= 15 is 0 Å². The van der Waals surface area contributed by atoms with Crippen LogP contribution in [0.1, 0.15) is 10.4 Å². The van der Waals surface area contributed by atoms with E-state index < -0.39 is 18.0 Å². The maximum atomic E-state index is 11.8. The average molecular weight is 296 g/mol. The van der Waals surface area contributed by atoms with E-state index in [0.717, 1.165) is 0 Å². The van der Waals surface area contributed by atoms with Gasteiger partial charge in [0.25, 0.3) is 0 Å². The fourth-order valence-corrected chi connectivity index (χ4v) is 1.63. The van der Waals surface area contributed by atoms with Crippen molar-refractivity contribution in [1.82, 2.24) is 4.90 Å². The highest BCUT2D eigenvalue weighted by atomic mass is 16.4. The summed E-state index contributed by atoms with van der Waals surface area (Å²) < 4.78 is 0. The number of nitrogens with zero attached hydrogens (tertiary/aromatic N) is 1. The Bertz CT molecular complexity index is 545. The maximum Gasteiger partial charge on any atom is 0.317 e. The summed E-state index contributed by atoms with van der Waals surface area (Å²) >= 11 is 0. The third-order valence-electron chi connectivity index (χ3n) is 2.70. The van der Waals surface area contributed by atoms with Crippen molar-refractivity contribution in [1.29, 1.82) is 0 Å². The lowest BCUT2D eigenvalue weighted by Gasteiger charge is -2.02. The molecule has 8 nitrogen and oxygen atoms in total. The Morgan fingerprint density at radius 2 is 1.76 bits per heavy atom. The summed E-state index contributed by atoms with van der Waals surface area (Å²) in [6, 6.07) is 5.88. The number of rotatable bonds is 5. The molecule has 0 spiro atoms. The molecule has 0 radical (unpaired) electrons. The molecule has 0 aromatic heterocycles. The Labute approximate surface area is 120 Å². The number of nitrogens with two attached hydrogens (primary N) is 1. The van der Waals surface area contributed by atoms with E-state index in [1.165, 1.54) is 17.0 Å². The van der Waals surface area contributed by atoms with Crippen molar-refractivity contribution in [2.24, 2.45) is 5.73 Å². The highest BCUT2D eigenvalue weighted by Gasteiger charge is 2.42. The summed E-state index contributed by atoms with van der Waals surface area (Å²) in [4.78, 5) is 33.0. The lowest BCUT2D eigenvalue weighted by Crippen LogP contribution is -2.18. The van der Waals surface area contributed by atoms with Gasteiger partial charge in [-0.25, -0.2) is 0 Å². The third-order valence-corrected chi connectivity index (χ3v) is 2.70. The van der Waals surface area contributed by atoms with Crippen LogP contribution in [0.3, 0.4) is 0 Å². The first-order chi connectivity index (χ1) is 9.86. The van der Waals surface area contributed by atoms with Crippen molar-refractivity contribution < 1.29 is 29.7 Å². The molecule has 1 aromatic rings. The second-order valence-electron chi connectivity index (χ2n) is 4.32. The smallest absolute Gasteiger partial charge is 0.317 e. The van der Waals surface area contributed by atoms with Crippen molar-refractivity contribution in [2.75, 3.05) is 19.6 Å². The van der Waals surface area contributed by atoms with E-state index in [9.17, 15) is 19.5 Å². The molecule has 2 unspecified atom stereocenters. The minimum Gasteiger partial charge on any atom is -0.507 e. The van der Waals surface area contributed by atoms with Gasteiger partial charge in [-0.15, -0.1) is 0 Å². The Kier molecular flexibility index (Phi) is 5.82. The van der Waals surface area contributed by atoms with Crippen LogP contribution in [0.25, 0.3) is 0 Å². The number of aromatic hydroxyl groups is 1. The number of hydrogen-bond donors (Lipinski definition) is 4. The van der Waals surface area contributed by atoms with Gasteiger partial charge in [0.15, 0.2) is 5.78 Å². The van der Waals surface area contributed by atoms with Crippen molar-refractivity contribution in [3.05, 3.63) is 29.8 Å². The second kappa shape index (κ2) is 7.36. The summed E-state index contributed by atoms with van der Waals surface area (Å²) in [5, 5.41) is 25.6. The molecular formula is C13H16N2O6. The number of hydrogen-bond acceptors (Lipinski definition) is 6. The lowest BCUT2D eigenvalue weighted by molar-refractivity contribution is -0.137. The summed E-state index contributed by atoms with van der Waals surface area (Å²) in [7, 11) is 0. The molecule has 1 aliphatic heterocycles. The first-order valence-corrected chi connectivity index (χ1v) is 6.06. The predicted molar refractivity (Wildman–Crippen MR) is 72.1 cm³/mol. The van der Waals surface area contributed by atoms with Crippen molar-refractivity contribution >= 4 is 17.7 Å². The normalized spacial score (nSPS) is 19.1. The van der Waals surface area contributed by atoms with Crippen LogP contribution >= 0.6 is 0 Å². The molecule has 2 rings (SSSR count). The number of ketones is 1. The monoisotopic (exact) mass is 296 g/mol. The molecule has 1 aliphatic rings. The SMILES string of the molecule is NCC(=O)O.O=C(O)CN1CC1C(=O)c1ccccc1O. The van der Waals surface area contributed by atoms with Crippen LogP contribution in [0.2, 0.25) is 0 Å². The number of carbonyl (C=O) groups excluding carboxylic acids is 1. The molecule has 0 amide bonds. The molecule has 2 atom stereocenters. The summed E-state index contributed by atoms with van der Waals surface area (Å²) in [6.45, 7) is 0.0312. The van der Waals surface area contributed by atoms with Crippen LogP contribution in [-0.4, -0.2) is 63.6 Å². The van der Waals surface area contributed by atoms with Crippen LogP contribution in [0.4, 0.5) is 0 Å². The van der Waals surface area contributed by atoms with Gasteiger partial charge in [-0.05, 0) is 12.1 Å². The maximum absolute atomic E-state index is 11.8. The largest absolute Gasteiger partial charge is 0.507 e. The summed E-state index contributed by atoms with van der Waals surface area (Å²) in [5.74, 6) is -2.20. The van der Waals surface area contributed by atoms with Crippen molar-refractivity contribution in [3.63, 3.8) is 0 Å². The summed E-state index contributed by atoms with van der Waals surface area (Å²) in [6.07, 6.45) is 0. The molecule has 5 N–H and O–H groups in total. The minimum absolute atomic E-state index is 0.0605. The van der Waals surface area contributed by atoms with Crippen LogP contribution in [-0.2, 0) is 9.59 Å². The molecular weight excluding hydrogens is 280 g/mol. The predicted octanol–water partition coefficient (Wildman–Crippen LogP) is -0.627. The van der Waals surface area contributed by atoms with Gasteiger partial charge in [0.1, 0.15) is 5.75 Å². The molecule has 114 valence electrons. The molecule has 1 saturated heterocycles. The number of carbonyl (C=O) groups is 3. The van der Waals surface area contributed by atoms with Gasteiger partial charge in [-0.3, -0.25) is 19.3 Å². The van der Waals surface area contributed by atoms with E-state index in [2.05, 4.69) is 5.73 Å². The number of phenols is 1. The molecule has 0 saturated carbocycles. The van der Waals surface area contributed by atoms with E-state index in [1.54, 1.807) is 12.1 Å². The molecule has 0 bridgehead atoms. The Morgan fingerprint density at radius 3 is 2.24 bits per heavy atom. The zero-order valence-corrected chi connectivity index (χ0v) is 11.1. The molecule has 0 aliphatic carbocycles. The Balaban J connectivity index is 0.000000383. The molecule has 1 heterocycles. The topological polar surface area (TPSA) is 141 Å². The fourth-order valence-electron chi connectivity index (χ4n) is 1.63. The molecule has 21 heavy (non-hydrogen) atoms. The van der Waals surface area contributed by atoms with Crippen molar-refractivity contribution in [3.8, 4) is 5.75 Å². The third kappa shape index (κ3) is 5.21. The van der Waals surface area contributed by atoms with Crippen LogP contribution in [0, 0.1) is 0 Å². The zero-order chi connectivity index (χ0) is 16.0. The van der Waals surface area contributed by atoms with Crippen molar-refractivity contribution in [2.45, 2.75) is 6.04 Å². The number of aliphatic carboxylic acids is 2. The van der Waals surface area contributed by atoms with Gasteiger partial charge in [0, 0.05) is 6.54 Å². The molecule has 1 fully saturated rings. The second-order valence-corrected chi connectivity index (χ2v) is 4.32. The van der Waals surface area contributed by atoms with Gasteiger partial charge in [-0.2, -0.15) is 0 Å². The van der Waals surface area contributed by atoms with Crippen LogP contribution in [0.5, 0.6) is 5.75 Å². The van der Waals surface area contributed by atoms with E-state index in [0.29, 0.717) is 6.54 Å². The van der Waals surface area contributed by atoms with E-state index in [4.69, 9.17) is 10.2 Å². The van der Waals surface area contributed by atoms with Gasteiger partial charge in [-0.1, -0.05) is 12.1 Å². The van der Waals surface area contributed by atoms with Gasteiger partial charge >= 0.3 is 11.9 Å². The number of carboxylic acid groups (broad SMARTS) is 2. The fraction of sp³-hybridized carbons (Fsp3) is 0.308. The minimum atomic E-state index is -0.968. The standard InChI is InChI=1S/C11H11NO4.C2H5NO2/c13-9-4-2-1-3-7(9)11(16)8-5-12(8)6-10(14)15;3-1-2(4)5/h1-4,8,13H,5-6H2,(H,14,15);1,3H2,(H,4,5). The molecule has 1 aromatic carbocycles. The number of para-hydroxylation sites is 1. The van der Waals surface area contributed by atoms with Gasteiger partial charge < -0.3 is 21.1 Å². The average Bonchev–Trinajstić information content (AvgIpc) is 3.17. The summed E-state index contributed by atoms with van der Waals surface area (Å²) in [5.41, 5.74) is 4.82. The van der Waals surface area contributed by atoms with Gasteiger partial charge in [0.05, 0.1) is 24.7 Å². The first-order valence-electron chi connectivity index (χ1n) is 6.06. The van der Waals surface area contributed by atoms with Crippen LogP contribution in [0.15, 0.2) is 24.3 Å².